The average molecular weight is 186 g/mol. The molecule has 1 aliphatic heterocycles. The summed E-state index contributed by atoms with van der Waals surface area (Å²) in [5.74, 6) is -0.292. The molecule has 1 heterocycles. The summed E-state index contributed by atoms with van der Waals surface area (Å²) < 4.78 is 4.86. The number of hydrogen-bond acceptors (Lipinski definition) is 4. The van der Waals surface area contributed by atoms with Gasteiger partial charge in [0.05, 0.1) is 19.7 Å². The molecular weight excluding hydrogens is 172 g/mol. The number of hydrogen-bond donors (Lipinski definition) is 0. The highest BCUT2D eigenvalue weighted by Gasteiger charge is 2.27. The van der Waals surface area contributed by atoms with Crippen LogP contribution in [0.1, 0.15) is 0 Å². The fourth-order valence-electron chi connectivity index (χ4n) is 1.17. The van der Waals surface area contributed by atoms with Crippen molar-refractivity contribution in [3.63, 3.8) is 0 Å². The molecule has 0 saturated carbocycles. The van der Waals surface area contributed by atoms with Gasteiger partial charge in [0.25, 0.3) is 0 Å². The van der Waals surface area contributed by atoms with E-state index in [1.165, 1.54) is 11.9 Å². The van der Waals surface area contributed by atoms with Gasteiger partial charge < -0.3 is 4.74 Å². The highest BCUT2D eigenvalue weighted by molar-refractivity contribution is 5.99. The van der Waals surface area contributed by atoms with Crippen LogP contribution in [0.2, 0.25) is 0 Å². The van der Waals surface area contributed by atoms with E-state index in [9.17, 15) is 9.59 Å². The van der Waals surface area contributed by atoms with Crippen LogP contribution in [0.5, 0.6) is 0 Å². The molecule has 0 aromatic carbocycles. The normalized spacial score (nSPS) is 19.7. The maximum atomic E-state index is 11.2. The van der Waals surface area contributed by atoms with E-state index >= 15 is 0 Å². The van der Waals surface area contributed by atoms with E-state index in [-0.39, 0.29) is 11.8 Å². The smallest absolute Gasteiger partial charge is 0.243 e. The molecule has 5 nitrogen and oxygen atoms in total. The Labute approximate surface area is 77.2 Å². The van der Waals surface area contributed by atoms with Crippen LogP contribution in [0.4, 0.5) is 0 Å². The fraction of sp³-hybridized carbons (Fsp3) is 0.750. The topological polar surface area (TPSA) is 49.9 Å². The molecule has 1 aliphatic rings. The first-order valence-corrected chi connectivity index (χ1v) is 4.16. The van der Waals surface area contributed by atoms with Crippen molar-refractivity contribution in [2.75, 3.05) is 40.4 Å². The second-order valence-corrected chi connectivity index (χ2v) is 3.05. The summed E-state index contributed by atoms with van der Waals surface area (Å²) in [7, 11) is 3.11. The van der Waals surface area contributed by atoms with Crippen LogP contribution in [-0.2, 0) is 14.3 Å². The molecule has 2 amide bonds. The van der Waals surface area contributed by atoms with Gasteiger partial charge in [0.15, 0.2) is 0 Å². The van der Waals surface area contributed by atoms with Crippen molar-refractivity contribution < 1.29 is 14.3 Å². The van der Waals surface area contributed by atoms with Crippen molar-refractivity contribution in [2.24, 2.45) is 0 Å². The van der Waals surface area contributed by atoms with Crippen molar-refractivity contribution in [3.8, 4) is 0 Å². The Morgan fingerprint density at radius 1 is 1.31 bits per heavy atom. The Kier molecular flexibility index (Phi) is 3.39. The maximum Gasteiger partial charge on any atom is 0.243 e. The van der Waals surface area contributed by atoms with Crippen molar-refractivity contribution in [1.82, 2.24) is 9.80 Å². The van der Waals surface area contributed by atoms with Crippen LogP contribution in [0.25, 0.3) is 0 Å². The number of carbonyl (C=O) groups is 2. The second kappa shape index (κ2) is 4.34. The molecule has 1 saturated heterocycles. The summed E-state index contributed by atoms with van der Waals surface area (Å²) in [6, 6.07) is 0. The van der Waals surface area contributed by atoms with Crippen LogP contribution < -0.4 is 0 Å². The number of imide groups is 1. The van der Waals surface area contributed by atoms with Gasteiger partial charge in [-0.3, -0.25) is 19.4 Å². The van der Waals surface area contributed by atoms with Crippen LogP contribution in [0.15, 0.2) is 0 Å². The number of nitrogens with zero attached hydrogens (tertiary/aromatic N) is 2. The Bertz CT molecular complexity index is 199. The van der Waals surface area contributed by atoms with E-state index in [4.69, 9.17) is 4.74 Å². The molecule has 13 heavy (non-hydrogen) atoms. The van der Waals surface area contributed by atoms with E-state index < -0.39 is 0 Å². The first-order valence-electron chi connectivity index (χ1n) is 4.16. The summed E-state index contributed by atoms with van der Waals surface area (Å²) in [6.45, 7) is 1.79. The van der Waals surface area contributed by atoms with Crippen LogP contribution in [0.3, 0.4) is 0 Å². The monoisotopic (exact) mass is 186 g/mol. The number of carbonyl (C=O) groups excluding carboxylic acids is 2. The minimum absolute atomic E-state index is 0.146. The zero-order valence-electron chi connectivity index (χ0n) is 7.95. The van der Waals surface area contributed by atoms with E-state index in [0.717, 1.165) is 0 Å². The van der Waals surface area contributed by atoms with Gasteiger partial charge in [-0.2, -0.15) is 0 Å². The largest absolute Gasteiger partial charge is 0.383 e. The summed E-state index contributed by atoms with van der Waals surface area (Å²) in [6.07, 6.45) is 0. The Morgan fingerprint density at radius 3 is 2.31 bits per heavy atom. The van der Waals surface area contributed by atoms with E-state index in [1.54, 1.807) is 12.0 Å². The zero-order chi connectivity index (χ0) is 9.84. The molecule has 0 atom stereocenters. The molecule has 0 aliphatic carbocycles. The zero-order valence-corrected chi connectivity index (χ0v) is 7.95. The van der Waals surface area contributed by atoms with Crippen LogP contribution in [0, 0.1) is 0 Å². The molecule has 0 aromatic rings. The predicted octanol–water partition coefficient (Wildman–Crippen LogP) is -1.07. The number of likely N-dealkylation sites (N-methyl/N-ethyl adjacent to an activating group) is 1. The van der Waals surface area contributed by atoms with Crippen molar-refractivity contribution in [1.29, 1.82) is 0 Å². The van der Waals surface area contributed by atoms with Gasteiger partial charge in [-0.15, -0.1) is 0 Å². The van der Waals surface area contributed by atoms with Gasteiger partial charge in [-0.1, -0.05) is 0 Å². The van der Waals surface area contributed by atoms with Crippen LogP contribution in [-0.4, -0.2) is 62.0 Å². The molecule has 0 spiro atoms. The van der Waals surface area contributed by atoms with Gasteiger partial charge in [-0.25, -0.2) is 0 Å². The number of rotatable bonds is 3. The summed E-state index contributed by atoms with van der Waals surface area (Å²) in [5, 5.41) is 0. The first kappa shape index (κ1) is 10.1. The van der Waals surface area contributed by atoms with Gasteiger partial charge in [0.1, 0.15) is 0 Å². The minimum Gasteiger partial charge on any atom is -0.383 e. The molecule has 0 N–H and O–H groups in total. The van der Waals surface area contributed by atoms with Gasteiger partial charge in [-0.05, 0) is 0 Å². The Hall–Kier alpha value is -0.940. The van der Waals surface area contributed by atoms with Gasteiger partial charge in [0, 0.05) is 20.7 Å². The van der Waals surface area contributed by atoms with Gasteiger partial charge >= 0.3 is 0 Å². The molecule has 5 heteroatoms. The minimum atomic E-state index is -0.146. The standard InChI is InChI=1S/C8H14N2O3/c1-9-7(11)5-10(3-4-13-2)6-8(9)12/h3-6H2,1-2H3. The first-order chi connectivity index (χ1) is 6.15. The van der Waals surface area contributed by atoms with Gasteiger partial charge in [0.2, 0.25) is 11.8 Å². The summed E-state index contributed by atoms with van der Waals surface area (Å²) >= 11 is 0. The van der Waals surface area contributed by atoms with Crippen molar-refractivity contribution >= 4 is 11.8 Å². The lowest BCUT2D eigenvalue weighted by Crippen LogP contribution is -2.52. The number of piperazine rings is 1. The maximum absolute atomic E-state index is 11.2. The summed E-state index contributed by atoms with van der Waals surface area (Å²) in [4.78, 5) is 25.4. The lowest BCUT2D eigenvalue weighted by atomic mass is 10.3. The average Bonchev–Trinajstić information content (AvgIpc) is 2.10. The third kappa shape index (κ3) is 2.50. The summed E-state index contributed by atoms with van der Waals surface area (Å²) in [5.41, 5.74) is 0. The number of ether oxygens (including phenoxy) is 1. The molecule has 74 valence electrons. The SMILES string of the molecule is COCCN1CC(=O)N(C)C(=O)C1. The molecule has 0 radical (unpaired) electrons. The quantitative estimate of drug-likeness (QED) is 0.527. The highest BCUT2D eigenvalue weighted by atomic mass is 16.5. The molecule has 1 fully saturated rings. The lowest BCUT2D eigenvalue weighted by molar-refractivity contribution is -0.149. The lowest BCUT2D eigenvalue weighted by Gasteiger charge is -2.29. The number of methoxy groups -OCH3 is 1. The molecule has 0 bridgehead atoms. The van der Waals surface area contributed by atoms with E-state index in [0.29, 0.717) is 26.2 Å². The molecule has 0 unspecified atom stereocenters. The predicted molar refractivity (Wildman–Crippen MR) is 46.1 cm³/mol. The second-order valence-electron chi connectivity index (χ2n) is 3.05. The van der Waals surface area contributed by atoms with E-state index in [1.807, 2.05) is 0 Å². The molecular formula is C8H14N2O3. The van der Waals surface area contributed by atoms with Crippen molar-refractivity contribution in [2.45, 2.75) is 0 Å². The fourth-order valence-corrected chi connectivity index (χ4v) is 1.17. The third-order valence-electron chi connectivity index (χ3n) is 2.08. The third-order valence-corrected chi connectivity index (χ3v) is 2.08. The van der Waals surface area contributed by atoms with E-state index in [2.05, 4.69) is 0 Å². The Balaban J connectivity index is 2.44. The van der Waals surface area contributed by atoms with Crippen molar-refractivity contribution in [3.05, 3.63) is 0 Å². The highest BCUT2D eigenvalue weighted by Crippen LogP contribution is 2.01. The van der Waals surface area contributed by atoms with Crippen LogP contribution >= 0.6 is 0 Å². The molecule has 0 aromatic heterocycles. The molecule has 1 rings (SSSR count). The number of amides is 2. The Morgan fingerprint density at radius 2 is 1.85 bits per heavy atom.